The summed E-state index contributed by atoms with van der Waals surface area (Å²) in [7, 11) is 1.60. The molecule has 0 aliphatic rings. The average Bonchev–Trinajstić information content (AvgIpc) is 2.83. The number of nitrogens with zero attached hydrogens (tertiary/aromatic N) is 2. The summed E-state index contributed by atoms with van der Waals surface area (Å²) in [6.45, 7) is 6.04. The maximum atomic E-state index is 12.7. The topological polar surface area (TPSA) is 70.5 Å². The van der Waals surface area contributed by atoms with E-state index >= 15 is 0 Å². The highest BCUT2D eigenvalue weighted by atomic mass is 16.5. The zero-order valence-corrected chi connectivity index (χ0v) is 19.2. The summed E-state index contributed by atoms with van der Waals surface area (Å²) in [5.41, 5.74) is 4.24. The van der Waals surface area contributed by atoms with Gasteiger partial charge in [0.15, 0.2) is 0 Å². The molecule has 2 aromatic carbocycles. The van der Waals surface area contributed by atoms with E-state index in [0.29, 0.717) is 22.4 Å². The maximum Gasteiger partial charge on any atom is 0.340 e. The molecule has 4 rings (SSSR count). The fourth-order valence-corrected chi connectivity index (χ4v) is 3.77. The van der Waals surface area contributed by atoms with Crippen LogP contribution in [0.1, 0.15) is 31.1 Å². The van der Waals surface area contributed by atoms with Gasteiger partial charge in [0.1, 0.15) is 17.0 Å². The van der Waals surface area contributed by atoms with Crippen LogP contribution in [0.25, 0.3) is 33.3 Å². The lowest BCUT2D eigenvalue weighted by Gasteiger charge is -2.15. The van der Waals surface area contributed by atoms with E-state index in [4.69, 9.17) is 19.2 Å². The van der Waals surface area contributed by atoms with Crippen molar-refractivity contribution in [1.29, 1.82) is 0 Å². The predicted octanol–water partition coefficient (Wildman–Crippen LogP) is 5.94. The molecular weight excluding hydrogens is 416 g/mol. The molecule has 0 N–H and O–H groups in total. The normalized spacial score (nSPS) is 10.9. The zero-order chi connectivity index (χ0) is 23.4. The van der Waals surface area contributed by atoms with Gasteiger partial charge in [0.25, 0.3) is 0 Å². The number of esters is 1. The number of benzene rings is 2. The third-order valence-electron chi connectivity index (χ3n) is 5.15. The number of hydrogen-bond donors (Lipinski definition) is 0. The molecule has 2 aromatic heterocycles. The fraction of sp³-hybridized carbons (Fsp3) is 0.222. The standard InChI is InChI=1S/C27H26N2O4/c1-5-32-27(30)21-16-29-26-20(10-8-12-24(26)31-4)25(21)18-13-14-22(28-15-18)19-9-6-7-11-23(19)33-17(2)3/h6-17H,5H2,1-4H3. The van der Waals surface area contributed by atoms with Gasteiger partial charge in [-0.1, -0.05) is 30.3 Å². The Kier molecular flexibility index (Phi) is 6.54. The second kappa shape index (κ2) is 9.69. The Morgan fingerprint density at radius 3 is 2.42 bits per heavy atom. The summed E-state index contributed by atoms with van der Waals surface area (Å²) in [5.74, 6) is 0.983. The largest absolute Gasteiger partial charge is 0.494 e. The van der Waals surface area contributed by atoms with Gasteiger partial charge in [0.05, 0.1) is 31.1 Å². The first kappa shape index (κ1) is 22.3. The number of pyridine rings is 2. The second-order valence-corrected chi connectivity index (χ2v) is 7.72. The minimum absolute atomic E-state index is 0.0516. The minimum atomic E-state index is -0.426. The lowest BCUT2D eigenvalue weighted by molar-refractivity contribution is 0.0527. The van der Waals surface area contributed by atoms with Crippen LogP contribution in [0.15, 0.2) is 67.0 Å². The molecule has 168 valence electrons. The van der Waals surface area contributed by atoms with Crippen LogP contribution in [0.2, 0.25) is 0 Å². The summed E-state index contributed by atoms with van der Waals surface area (Å²) in [6, 6.07) is 17.3. The Morgan fingerprint density at radius 2 is 1.73 bits per heavy atom. The van der Waals surface area contributed by atoms with Crippen molar-refractivity contribution in [2.75, 3.05) is 13.7 Å². The van der Waals surface area contributed by atoms with Gasteiger partial charge >= 0.3 is 5.97 Å². The maximum absolute atomic E-state index is 12.7. The Labute approximate surface area is 193 Å². The van der Waals surface area contributed by atoms with E-state index in [9.17, 15) is 4.79 Å². The molecular formula is C27H26N2O4. The number of aromatic nitrogens is 2. The number of methoxy groups -OCH3 is 1. The summed E-state index contributed by atoms with van der Waals surface area (Å²) < 4.78 is 16.7. The van der Waals surface area contributed by atoms with Crippen LogP contribution in [0.4, 0.5) is 0 Å². The number of rotatable bonds is 7. The lowest BCUT2D eigenvalue weighted by atomic mass is 9.96. The van der Waals surface area contributed by atoms with E-state index in [-0.39, 0.29) is 12.7 Å². The van der Waals surface area contributed by atoms with Gasteiger partial charge in [-0.2, -0.15) is 0 Å². The highest BCUT2D eigenvalue weighted by Gasteiger charge is 2.20. The van der Waals surface area contributed by atoms with Crippen molar-refractivity contribution in [3.63, 3.8) is 0 Å². The molecule has 6 heteroatoms. The van der Waals surface area contributed by atoms with E-state index in [1.807, 2.05) is 68.4 Å². The van der Waals surface area contributed by atoms with E-state index in [0.717, 1.165) is 28.0 Å². The number of carbonyl (C=O) groups excluding carboxylic acids is 1. The Balaban J connectivity index is 1.86. The van der Waals surface area contributed by atoms with Crippen molar-refractivity contribution in [3.8, 4) is 33.9 Å². The smallest absolute Gasteiger partial charge is 0.340 e. The van der Waals surface area contributed by atoms with Gasteiger partial charge in [-0.25, -0.2) is 4.79 Å². The van der Waals surface area contributed by atoms with Crippen LogP contribution < -0.4 is 9.47 Å². The monoisotopic (exact) mass is 442 g/mol. The van der Waals surface area contributed by atoms with Gasteiger partial charge in [-0.3, -0.25) is 9.97 Å². The van der Waals surface area contributed by atoms with Crippen molar-refractivity contribution in [1.82, 2.24) is 9.97 Å². The molecule has 0 aliphatic carbocycles. The SMILES string of the molecule is CCOC(=O)c1cnc2c(OC)cccc2c1-c1ccc(-c2ccccc2OC(C)C)nc1. The van der Waals surface area contributed by atoms with Crippen molar-refractivity contribution in [2.24, 2.45) is 0 Å². The van der Waals surface area contributed by atoms with Gasteiger partial charge in [0.2, 0.25) is 0 Å². The molecule has 0 radical (unpaired) electrons. The van der Waals surface area contributed by atoms with Gasteiger partial charge in [-0.05, 0) is 45.0 Å². The molecule has 0 amide bonds. The Bertz CT molecular complexity index is 1280. The first-order chi connectivity index (χ1) is 16.0. The molecule has 4 aromatic rings. The molecule has 2 heterocycles. The highest BCUT2D eigenvalue weighted by Crippen LogP contribution is 2.36. The molecule has 0 unspecified atom stereocenters. The molecule has 0 aliphatic heterocycles. The van der Waals surface area contributed by atoms with Crippen LogP contribution in [0.5, 0.6) is 11.5 Å². The molecule has 0 fully saturated rings. The van der Waals surface area contributed by atoms with Crippen LogP contribution in [0, 0.1) is 0 Å². The zero-order valence-electron chi connectivity index (χ0n) is 19.2. The number of para-hydroxylation sites is 2. The summed E-state index contributed by atoms with van der Waals surface area (Å²) >= 11 is 0. The fourth-order valence-electron chi connectivity index (χ4n) is 3.77. The molecule has 0 saturated heterocycles. The Hall–Kier alpha value is -3.93. The Morgan fingerprint density at radius 1 is 0.939 bits per heavy atom. The summed E-state index contributed by atoms with van der Waals surface area (Å²) in [6.07, 6.45) is 3.35. The molecule has 0 bridgehead atoms. The number of ether oxygens (including phenoxy) is 3. The van der Waals surface area contributed by atoms with Crippen LogP contribution in [-0.4, -0.2) is 35.8 Å². The van der Waals surface area contributed by atoms with Gasteiger partial charge in [0, 0.05) is 34.5 Å². The molecule has 0 spiro atoms. The average molecular weight is 443 g/mol. The van der Waals surface area contributed by atoms with Gasteiger partial charge in [-0.15, -0.1) is 0 Å². The molecule has 33 heavy (non-hydrogen) atoms. The van der Waals surface area contributed by atoms with Crippen LogP contribution in [0.3, 0.4) is 0 Å². The number of fused-ring (bicyclic) bond motifs is 1. The highest BCUT2D eigenvalue weighted by molar-refractivity contribution is 6.07. The van der Waals surface area contributed by atoms with E-state index in [1.165, 1.54) is 6.20 Å². The molecule has 6 nitrogen and oxygen atoms in total. The van der Waals surface area contributed by atoms with Crippen molar-refractivity contribution < 1.29 is 19.0 Å². The van der Waals surface area contributed by atoms with E-state index in [2.05, 4.69) is 4.98 Å². The first-order valence-electron chi connectivity index (χ1n) is 10.9. The molecule has 0 saturated carbocycles. The second-order valence-electron chi connectivity index (χ2n) is 7.72. The third-order valence-corrected chi connectivity index (χ3v) is 5.15. The van der Waals surface area contributed by atoms with Crippen LogP contribution in [-0.2, 0) is 4.74 Å². The number of carbonyl (C=O) groups is 1. The van der Waals surface area contributed by atoms with Crippen LogP contribution >= 0.6 is 0 Å². The van der Waals surface area contributed by atoms with E-state index in [1.54, 1.807) is 20.2 Å². The lowest BCUT2D eigenvalue weighted by Crippen LogP contribution is -2.08. The van der Waals surface area contributed by atoms with Crippen molar-refractivity contribution in [2.45, 2.75) is 26.9 Å². The minimum Gasteiger partial charge on any atom is -0.494 e. The van der Waals surface area contributed by atoms with Crippen molar-refractivity contribution in [3.05, 3.63) is 72.6 Å². The van der Waals surface area contributed by atoms with E-state index < -0.39 is 5.97 Å². The van der Waals surface area contributed by atoms with Gasteiger partial charge < -0.3 is 14.2 Å². The summed E-state index contributed by atoms with van der Waals surface area (Å²) in [5, 5.41) is 0.790. The first-order valence-corrected chi connectivity index (χ1v) is 10.9. The van der Waals surface area contributed by atoms with Crippen molar-refractivity contribution >= 4 is 16.9 Å². The number of hydrogen-bond acceptors (Lipinski definition) is 6. The quantitative estimate of drug-likeness (QED) is 0.330. The molecule has 0 atom stereocenters. The predicted molar refractivity (Wildman–Crippen MR) is 129 cm³/mol. The summed E-state index contributed by atoms with van der Waals surface area (Å²) in [4.78, 5) is 21.9. The third kappa shape index (κ3) is 4.51.